The van der Waals surface area contributed by atoms with Gasteiger partial charge in [0.25, 0.3) is 5.91 Å². The molecule has 0 radical (unpaired) electrons. The molecule has 17 heavy (non-hydrogen) atoms. The second-order valence-electron chi connectivity index (χ2n) is 4.87. The van der Waals surface area contributed by atoms with Gasteiger partial charge in [-0.25, -0.2) is 0 Å². The quantitative estimate of drug-likeness (QED) is 0.808. The summed E-state index contributed by atoms with van der Waals surface area (Å²) in [6, 6.07) is 7.57. The fraction of sp³-hybridized carbons (Fsp3) is 0.462. The zero-order valence-corrected chi connectivity index (χ0v) is 10.6. The number of carbonyl (C=O) groups excluding carboxylic acids is 1. The molecular formula is C13H20N2O2. The molecule has 1 rings (SSSR count). The zero-order chi connectivity index (χ0) is 12.9. The van der Waals surface area contributed by atoms with Crippen LogP contribution < -0.4 is 15.8 Å². The third-order valence-electron chi connectivity index (χ3n) is 2.13. The molecule has 94 valence electrons. The Labute approximate surface area is 102 Å². The summed E-state index contributed by atoms with van der Waals surface area (Å²) < 4.78 is 5.34. The molecule has 0 unspecified atom stereocenters. The third kappa shape index (κ3) is 5.92. The number of amides is 1. The molecule has 0 aliphatic rings. The lowest BCUT2D eigenvalue weighted by Crippen LogP contribution is -2.46. The van der Waals surface area contributed by atoms with Gasteiger partial charge in [0, 0.05) is 12.1 Å². The van der Waals surface area contributed by atoms with Crippen LogP contribution in [0.25, 0.3) is 0 Å². The molecule has 4 heteroatoms. The summed E-state index contributed by atoms with van der Waals surface area (Å²) in [4.78, 5) is 11.4. The van der Waals surface area contributed by atoms with Gasteiger partial charge in [0.1, 0.15) is 5.75 Å². The summed E-state index contributed by atoms with van der Waals surface area (Å²) in [5, 5.41) is 2.72. The van der Waals surface area contributed by atoms with Crippen LogP contribution >= 0.6 is 0 Å². The Kier molecular flexibility index (Phi) is 4.52. The van der Waals surface area contributed by atoms with Gasteiger partial charge >= 0.3 is 0 Å². The normalized spacial score (nSPS) is 11.1. The molecule has 0 aromatic heterocycles. The van der Waals surface area contributed by atoms with Crippen molar-refractivity contribution in [2.75, 3.05) is 13.2 Å². The third-order valence-corrected chi connectivity index (χ3v) is 2.13. The molecule has 0 saturated heterocycles. The minimum Gasteiger partial charge on any atom is -0.484 e. The van der Waals surface area contributed by atoms with Crippen molar-refractivity contribution in [1.29, 1.82) is 0 Å². The van der Waals surface area contributed by atoms with Gasteiger partial charge < -0.3 is 15.8 Å². The first kappa shape index (κ1) is 13.5. The highest BCUT2D eigenvalue weighted by molar-refractivity contribution is 5.77. The smallest absolute Gasteiger partial charge is 0.258 e. The van der Waals surface area contributed by atoms with Gasteiger partial charge in [0.05, 0.1) is 0 Å². The molecule has 3 N–H and O–H groups in total. The summed E-state index contributed by atoms with van der Waals surface area (Å²) in [7, 11) is 0. The van der Waals surface area contributed by atoms with Crippen molar-refractivity contribution in [2.45, 2.75) is 26.3 Å². The fourth-order valence-corrected chi connectivity index (χ4v) is 1.16. The second-order valence-corrected chi connectivity index (χ2v) is 4.87. The first-order chi connectivity index (χ1) is 7.87. The number of ether oxygens (including phenoxy) is 1. The van der Waals surface area contributed by atoms with E-state index in [1.165, 1.54) is 0 Å². The number of hydrogen-bond acceptors (Lipinski definition) is 3. The Hall–Kier alpha value is -1.55. The van der Waals surface area contributed by atoms with Crippen LogP contribution in [0, 0.1) is 6.92 Å². The summed E-state index contributed by atoms with van der Waals surface area (Å²) >= 11 is 0. The van der Waals surface area contributed by atoms with E-state index in [1.54, 1.807) is 0 Å². The Morgan fingerprint density at radius 1 is 1.35 bits per heavy atom. The number of nitrogens with one attached hydrogen (secondary N) is 1. The molecule has 0 saturated carbocycles. The van der Waals surface area contributed by atoms with Crippen molar-refractivity contribution in [2.24, 2.45) is 5.73 Å². The average Bonchev–Trinajstić information content (AvgIpc) is 2.25. The van der Waals surface area contributed by atoms with Gasteiger partial charge in [0.2, 0.25) is 0 Å². The van der Waals surface area contributed by atoms with Gasteiger partial charge in [-0.05, 0) is 32.9 Å². The number of carbonyl (C=O) groups is 1. The van der Waals surface area contributed by atoms with Crippen LogP contribution in [-0.4, -0.2) is 24.6 Å². The number of hydrogen-bond donors (Lipinski definition) is 2. The van der Waals surface area contributed by atoms with Gasteiger partial charge in [-0.3, -0.25) is 4.79 Å². The Morgan fingerprint density at radius 2 is 1.94 bits per heavy atom. The summed E-state index contributed by atoms with van der Waals surface area (Å²) in [5.41, 5.74) is 6.51. The van der Waals surface area contributed by atoms with E-state index < -0.39 is 5.54 Å². The topological polar surface area (TPSA) is 64.3 Å². The van der Waals surface area contributed by atoms with Gasteiger partial charge in [-0.1, -0.05) is 17.7 Å². The van der Waals surface area contributed by atoms with E-state index in [-0.39, 0.29) is 12.5 Å². The van der Waals surface area contributed by atoms with Crippen LogP contribution in [0.4, 0.5) is 0 Å². The van der Waals surface area contributed by atoms with Gasteiger partial charge in [-0.15, -0.1) is 0 Å². The lowest BCUT2D eigenvalue weighted by atomic mass is 10.1. The molecule has 0 heterocycles. The number of aryl methyl sites for hydroxylation is 1. The standard InChI is InChI=1S/C13H20N2O2/c1-10-4-6-11(7-5-10)17-8-12(16)15-9-13(2,3)14/h4-7H,8-9,14H2,1-3H3,(H,15,16). The SMILES string of the molecule is Cc1ccc(OCC(=O)NCC(C)(C)N)cc1. The largest absolute Gasteiger partial charge is 0.484 e. The molecular weight excluding hydrogens is 216 g/mol. The summed E-state index contributed by atoms with van der Waals surface area (Å²) in [6.45, 7) is 6.16. The van der Waals surface area contributed by atoms with Crippen LogP contribution in [-0.2, 0) is 4.79 Å². The average molecular weight is 236 g/mol. The second kappa shape index (κ2) is 5.68. The van der Waals surface area contributed by atoms with E-state index in [1.807, 2.05) is 45.0 Å². The molecule has 0 aliphatic carbocycles. The highest BCUT2D eigenvalue weighted by Gasteiger charge is 2.12. The minimum absolute atomic E-state index is 0.0130. The van der Waals surface area contributed by atoms with Crippen molar-refractivity contribution in [3.05, 3.63) is 29.8 Å². The Balaban J connectivity index is 2.31. The van der Waals surface area contributed by atoms with Crippen molar-refractivity contribution >= 4 is 5.91 Å². The van der Waals surface area contributed by atoms with Crippen molar-refractivity contribution in [3.63, 3.8) is 0 Å². The highest BCUT2D eigenvalue weighted by atomic mass is 16.5. The van der Waals surface area contributed by atoms with E-state index in [0.29, 0.717) is 12.3 Å². The van der Waals surface area contributed by atoms with E-state index >= 15 is 0 Å². The number of rotatable bonds is 5. The van der Waals surface area contributed by atoms with Crippen LogP contribution in [0.3, 0.4) is 0 Å². The monoisotopic (exact) mass is 236 g/mol. The maximum absolute atomic E-state index is 11.4. The predicted molar refractivity (Wildman–Crippen MR) is 68.0 cm³/mol. The maximum Gasteiger partial charge on any atom is 0.258 e. The lowest BCUT2D eigenvalue weighted by molar-refractivity contribution is -0.123. The van der Waals surface area contributed by atoms with E-state index in [0.717, 1.165) is 5.56 Å². The van der Waals surface area contributed by atoms with Crippen molar-refractivity contribution in [3.8, 4) is 5.75 Å². The van der Waals surface area contributed by atoms with Crippen LogP contribution in [0.2, 0.25) is 0 Å². The molecule has 1 aromatic carbocycles. The first-order valence-electron chi connectivity index (χ1n) is 5.62. The molecule has 1 aromatic rings. The lowest BCUT2D eigenvalue weighted by Gasteiger charge is -2.18. The molecule has 0 aliphatic heterocycles. The van der Waals surface area contributed by atoms with Crippen LogP contribution in [0.15, 0.2) is 24.3 Å². The molecule has 1 amide bonds. The maximum atomic E-state index is 11.4. The van der Waals surface area contributed by atoms with Crippen molar-refractivity contribution < 1.29 is 9.53 Å². The summed E-state index contributed by atoms with van der Waals surface area (Å²) in [6.07, 6.45) is 0. The van der Waals surface area contributed by atoms with E-state index in [4.69, 9.17) is 10.5 Å². The molecule has 4 nitrogen and oxygen atoms in total. The van der Waals surface area contributed by atoms with Crippen LogP contribution in [0.5, 0.6) is 5.75 Å². The molecule has 0 atom stereocenters. The molecule has 0 bridgehead atoms. The molecule has 0 spiro atoms. The number of benzene rings is 1. The van der Waals surface area contributed by atoms with Crippen LogP contribution in [0.1, 0.15) is 19.4 Å². The van der Waals surface area contributed by atoms with E-state index in [9.17, 15) is 4.79 Å². The highest BCUT2D eigenvalue weighted by Crippen LogP contribution is 2.10. The van der Waals surface area contributed by atoms with Gasteiger partial charge in [-0.2, -0.15) is 0 Å². The van der Waals surface area contributed by atoms with Gasteiger partial charge in [0.15, 0.2) is 6.61 Å². The fourth-order valence-electron chi connectivity index (χ4n) is 1.16. The predicted octanol–water partition coefficient (Wildman–Crippen LogP) is 1.23. The zero-order valence-electron chi connectivity index (χ0n) is 10.6. The molecule has 0 fully saturated rings. The van der Waals surface area contributed by atoms with Crippen molar-refractivity contribution in [1.82, 2.24) is 5.32 Å². The Morgan fingerprint density at radius 3 is 2.47 bits per heavy atom. The van der Waals surface area contributed by atoms with E-state index in [2.05, 4.69) is 5.32 Å². The minimum atomic E-state index is -0.403. The summed E-state index contributed by atoms with van der Waals surface area (Å²) in [5.74, 6) is 0.529. The Bertz CT molecular complexity index is 366. The first-order valence-corrected chi connectivity index (χ1v) is 5.62. The number of nitrogens with two attached hydrogens (primary N) is 1.